The monoisotopic (exact) mass is 384 g/mol. The van der Waals surface area contributed by atoms with E-state index in [1.807, 2.05) is 42.5 Å². The smallest absolute Gasteiger partial charge is 0.131 e. The van der Waals surface area contributed by atoms with Gasteiger partial charge in [0.05, 0.1) is 6.61 Å². The minimum Gasteiger partial charge on any atom is -0.457 e. The summed E-state index contributed by atoms with van der Waals surface area (Å²) in [5.41, 5.74) is 2.20. The summed E-state index contributed by atoms with van der Waals surface area (Å²) < 4.78 is 12.1. The quantitative estimate of drug-likeness (QED) is 0.651. The van der Waals surface area contributed by atoms with E-state index in [-0.39, 0.29) is 0 Å². The van der Waals surface area contributed by atoms with E-state index in [1.165, 1.54) is 0 Å². The van der Waals surface area contributed by atoms with Crippen molar-refractivity contribution >= 4 is 31.9 Å². The molecule has 0 saturated heterocycles. The van der Waals surface area contributed by atoms with Gasteiger partial charge >= 0.3 is 0 Å². The number of hydrogen-bond donors (Lipinski definition) is 0. The van der Waals surface area contributed by atoms with Crippen LogP contribution in [0.3, 0.4) is 0 Å². The predicted molar refractivity (Wildman–Crippen MR) is 84.0 cm³/mol. The molecule has 0 aliphatic rings. The Bertz CT molecular complexity index is 556. The van der Waals surface area contributed by atoms with Gasteiger partial charge < -0.3 is 9.47 Å². The van der Waals surface area contributed by atoms with Crippen LogP contribution in [0.25, 0.3) is 0 Å². The molecule has 0 atom stereocenters. The molecule has 0 radical (unpaired) electrons. The second-order valence-electron chi connectivity index (χ2n) is 4.07. The first-order valence-electron chi connectivity index (χ1n) is 5.83. The largest absolute Gasteiger partial charge is 0.457 e. The van der Waals surface area contributed by atoms with Gasteiger partial charge in [-0.25, -0.2) is 0 Å². The molecule has 0 aliphatic heterocycles. The number of alkyl halides is 1. The second-order valence-corrected chi connectivity index (χ2v) is 5.54. The molecule has 0 saturated carbocycles. The summed E-state index contributed by atoms with van der Waals surface area (Å²) in [5, 5.41) is 0.750. The third-order valence-corrected chi connectivity index (χ3v) is 3.70. The summed E-state index contributed by atoms with van der Waals surface area (Å²) in [6.07, 6.45) is 0. The molecule has 100 valence electrons. The Balaban J connectivity index is 2.23. The van der Waals surface area contributed by atoms with Crippen LogP contribution >= 0.6 is 31.9 Å². The van der Waals surface area contributed by atoms with Gasteiger partial charge in [0, 0.05) is 22.5 Å². The van der Waals surface area contributed by atoms with Gasteiger partial charge in [-0.1, -0.05) is 44.0 Å². The Morgan fingerprint density at radius 1 is 1.11 bits per heavy atom. The molecule has 0 bridgehead atoms. The van der Waals surface area contributed by atoms with Gasteiger partial charge in [-0.15, -0.1) is 0 Å². The Morgan fingerprint density at radius 2 is 1.95 bits per heavy atom. The molecule has 0 heterocycles. The van der Waals surface area contributed by atoms with Crippen LogP contribution in [0.5, 0.6) is 11.5 Å². The normalized spacial score (nSPS) is 10.5. The highest BCUT2D eigenvalue weighted by molar-refractivity contribution is 9.10. The zero-order valence-electron chi connectivity index (χ0n) is 10.5. The van der Waals surface area contributed by atoms with Crippen molar-refractivity contribution in [3.63, 3.8) is 0 Å². The fourth-order valence-corrected chi connectivity index (χ4v) is 2.59. The minimum atomic E-state index is 0.586. The van der Waals surface area contributed by atoms with Crippen molar-refractivity contribution < 1.29 is 9.47 Å². The average Bonchev–Trinajstić information content (AvgIpc) is 2.41. The topological polar surface area (TPSA) is 18.5 Å². The van der Waals surface area contributed by atoms with Crippen LogP contribution in [-0.4, -0.2) is 7.11 Å². The average molecular weight is 386 g/mol. The van der Waals surface area contributed by atoms with E-state index in [1.54, 1.807) is 7.11 Å². The molecular weight excluding hydrogens is 372 g/mol. The summed E-state index contributed by atoms with van der Waals surface area (Å²) in [6.45, 7) is 0.586. The van der Waals surface area contributed by atoms with Crippen LogP contribution in [0.15, 0.2) is 46.9 Å². The number of methoxy groups -OCH3 is 1. The van der Waals surface area contributed by atoms with Gasteiger partial charge in [-0.2, -0.15) is 0 Å². The van der Waals surface area contributed by atoms with Crippen molar-refractivity contribution in [2.45, 2.75) is 11.9 Å². The van der Waals surface area contributed by atoms with Crippen LogP contribution in [0.1, 0.15) is 11.1 Å². The summed E-state index contributed by atoms with van der Waals surface area (Å²) >= 11 is 6.94. The Kier molecular flexibility index (Phi) is 5.43. The van der Waals surface area contributed by atoms with Crippen molar-refractivity contribution in [3.8, 4) is 11.5 Å². The lowest BCUT2D eigenvalue weighted by Gasteiger charge is -2.11. The molecule has 0 amide bonds. The maximum Gasteiger partial charge on any atom is 0.131 e. The van der Waals surface area contributed by atoms with Gasteiger partial charge in [0.25, 0.3) is 0 Å². The van der Waals surface area contributed by atoms with E-state index < -0.39 is 0 Å². The van der Waals surface area contributed by atoms with E-state index in [0.717, 1.165) is 32.4 Å². The summed E-state index contributed by atoms with van der Waals surface area (Å²) in [4.78, 5) is 0. The van der Waals surface area contributed by atoms with Crippen LogP contribution in [-0.2, 0) is 16.7 Å². The van der Waals surface area contributed by atoms with Crippen molar-refractivity contribution in [2.24, 2.45) is 0 Å². The zero-order chi connectivity index (χ0) is 13.7. The van der Waals surface area contributed by atoms with Gasteiger partial charge in [0.1, 0.15) is 11.5 Å². The summed E-state index contributed by atoms with van der Waals surface area (Å²) in [7, 11) is 1.69. The minimum absolute atomic E-state index is 0.586. The van der Waals surface area contributed by atoms with Crippen LogP contribution < -0.4 is 4.74 Å². The SMILES string of the molecule is COCc1cccc(Oc2ccc(Br)cc2CBr)c1. The molecule has 0 aromatic heterocycles. The van der Waals surface area contributed by atoms with E-state index in [9.17, 15) is 0 Å². The van der Waals surface area contributed by atoms with Gasteiger partial charge in [-0.05, 0) is 35.9 Å². The lowest BCUT2D eigenvalue weighted by molar-refractivity contribution is 0.184. The number of rotatable bonds is 5. The lowest BCUT2D eigenvalue weighted by atomic mass is 10.2. The molecule has 2 rings (SSSR count). The van der Waals surface area contributed by atoms with Crippen LogP contribution in [0, 0.1) is 0 Å². The maximum atomic E-state index is 5.94. The molecular formula is C15H14Br2O2. The van der Waals surface area contributed by atoms with Crippen molar-refractivity contribution in [1.82, 2.24) is 0 Å². The van der Waals surface area contributed by atoms with Crippen molar-refractivity contribution in [3.05, 3.63) is 58.1 Å². The van der Waals surface area contributed by atoms with Crippen molar-refractivity contribution in [2.75, 3.05) is 7.11 Å². The summed E-state index contributed by atoms with van der Waals surface area (Å²) in [5.74, 6) is 1.67. The van der Waals surface area contributed by atoms with Crippen LogP contribution in [0.4, 0.5) is 0 Å². The third-order valence-electron chi connectivity index (χ3n) is 2.60. The highest BCUT2D eigenvalue weighted by Gasteiger charge is 2.05. The highest BCUT2D eigenvalue weighted by Crippen LogP contribution is 2.30. The molecule has 2 nitrogen and oxygen atoms in total. The number of ether oxygens (including phenoxy) is 2. The van der Waals surface area contributed by atoms with Gasteiger partial charge in [0.2, 0.25) is 0 Å². The van der Waals surface area contributed by atoms with Gasteiger partial charge in [-0.3, -0.25) is 0 Å². The molecule has 2 aromatic carbocycles. The molecule has 0 unspecified atom stereocenters. The number of halogens is 2. The van der Waals surface area contributed by atoms with Crippen molar-refractivity contribution in [1.29, 1.82) is 0 Å². The van der Waals surface area contributed by atoms with Crippen LogP contribution in [0.2, 0.25) is 0 Å². The molecule has 0 aliphatic carbocycles. The number of benzene rings is 2. The van der Waals surface area contributed by atoms with E-state index in [4.69, 9.17) is 9.47 Å². The Morgan fingerprint density at radius 3 is 2.68 bits per heavy atom. The second kappa shape index (κ2) is 7.08. The zero-order valence-corrected chi connectivity index (χ0v) is 13.7. The highest BCUT2D eigenvalue weighted by atomic mass is 79.9. The maximum absolute atomic E-state index is 5.94. The Labute approximate surface area is 130 Å². The first kappa shape index (κ1) is 14.6. The molecule has 0 fully saturated rings. The van der Waals surface area contributed by atoms with Gasteiger partial charge in [0.15, 0.2) is 0 Å². The summed E-state index contributed by atoms with van der Waals surface area (Å²) in [6, 6.07) is 13.9. The first-order valence-corrected chi connectivity index (χ1v) is 7.74. The Hall–Kier alpha value is -0.840. The first-order chi connectivity index (χ1) is 9.22. The fourth-order valence-electron chi connectivity index (χ4n) is 1.74. The molecule has 4 heteroatoms. The third kappa shape index (κ3) is 4.06. The molecule has 2 aromatic rings. The fraction of sp³-hybridized carbons (Fsp3) is 0.200. The molecule has 0 N–H and O–H groups in total. The van der Waals surface area contributed by atoms with E-state index >= 15 is 0 Å². The lowest BCUT2D eigenvalue weighted by Crippen LogP contribution is -1.92. The molecule has 0 spiro atoms. The number of hydrogen-bond acceptors (Lipinski definition) is 2. The predicted octanol–water partition coefficient (Wildman–Crippen LogP) is 5.28. The van der Waals surface area contributed by atoms with E-state index in [0.29, 0.717) is 6.61 Å². The standard InChI is InChI=1S/C15H14Br2O2/c1-18-10-11-3-2-4-14(7-11)19-15-6-5-13(17)8-12(15)9-16/h2-8H,9-10H2,1H3. The molecule has 19 heavy (non-hydrogen) atoms. The van der Waals surface area contributed by atoms with E-state index in [2.05, 4.69) is 31.9 Å².